The molecule has 2 N–H and O–H groups in total. The molecule has 0 saturated heterocycles. The van der Waals surface area contributed by atoms with Gasteiger partial charge in [-0.2, -0.15) is 0 Å². The summed E-state index contributed by atoms with van der Waals surface area (Å²) in [6.45, 7) is 7.36. The van der Waals surface area contributed by atoms with Crippen LogP contribution in [-0.2, 0) is 4.79 Å². The molecule has 0 spiro atoms. The van der Waals surface area contributed by atoms with Gasteiger partial charge in [-0.1, -0.05) is 16.8 Å². The number of amides is 1. The van der Waals surface area contributed by atoms with Gasteiger partial charge in [0.2, 0.25) is 5.91 Å². The molecule has 7 heteroatoms. The first-order chi connectivity index (χ1) is 10.8. The largest absolute Gasteiger partial charge is 0.489 e. The number of anilines is 2. The van der Waals surface area contributed by atoms with Gasteiger partial charge >= 0.3 is 0 Å². The Kier molecular flexibility index (Phi) is 5.50. The highest BCUT2D eigenvalue weighted by Gasteiger charge is 2.15. The van der Waals surface area contributed by atoms with Crippen LogP contribution in [0.15, 0.2) is 28.8 Å². The van der Waals surface area contributed by atoms with Crippen molar-refractivity contribution in [3.05, 3.63) is 35.0 Å². The van der Waals surface area contributed by atoms with Gasteiger partial charge in [0.15, 0.2) is 5.82 Å². The number of nitrogens with one attached hydrogen (secondary N) is 2. The highest BCUT2D eigenvalue weighted by molar-refractivity contribution is 6.32. The van der Waals surface area contributed by atoms with Gasteiger partial charge in [-0.05, 0) is 45.9 Å². The quantitative estimate of drug-likeness (QED) is 0.837. The van der Waals surface area contributed by atoms with Crippen LogP contribution in [0.25, 0.3) is 0 Å². The molecular weight excluding hydrogens is 318 g/mol. The number of ether oxygens (including phenoxy) is 1. The van der Waals surface area contributed by atoms with Crippen LogP contribution >= 0.6 is 11.6 Å². The van der Waals surface area contributed by atoms with Crippen molar-refractivity contribution in [3.8, 4) is 5.75 Å². The molecule has 0 aliphatic carbocycles. The number of aromatic nitrogens is 1. The molecule has 0 aliphatic heterocycles. The molecule has 1 amide bonds. The van der Waals surface area contributed by atoms with Crippen molar-refractivity contribution in [2.75, 3.05) is 10.6 Å². The monoisotopic (exact) mass is 337 g/mol. The maximum atomic E-state index is 12.1. The van der Waals surface area contributed by atoms with Gasteiger partial charge in [0, 0.05) is 11.8 Å². The lowest BCUT2D eigenvalue weighted by Crippen LogP contribution is -2.31. The summed E-state index contributed by atoms with van der Waals surface area (Å²) < 4.78 is 10.5. The van der Waals surface area contributed by atoms with Crippen molar-refractivity contribution in [2.45, 2.75) is 39.8 Å². The van der Waals surface area contributed by atoms with Crippen LogP contribution in [0.2, 0.25) is 5.02 Å². The summed E-state index contributed by atoms with van der Waals surface area (Å²) in [5, 5.41) is 9.97. The molecule has 124 valence electrons. The molecule has 0 radical (unpaired) electrons. The van der Waals surface area contributed by atoms with Gasteiger partial charge < -0.3 is 19.9 Å². The number of halogens is 1. The maximum absolute atomic E-state index is 12.1. The van der Waals surface area contributed by atoms with E-state index in [2.05, 4.69) is 15.8 Å². The Bertz CT molecular complexity index is 685. The number of nitrogens with zero attached hydrogens (tertiary/aromatic N) is 1. The zero-order valence-electron chi connectivity index (χ0n) is 13.5. The third kappa shape index (κ3) is 4.89. The second kappa shape index (κ2) is 7.37. The fourth-order valence-corrected chi connectivity index (χ4v) is 2.14. The Balaban J connectivity index is 1.97. The van der Waals surface area contributed by atoms with Gasteiger partial charge in [-0.3, -0.25) is 4.79 Å². The molecule has 0 fully saturated rings. The lowest BCUT2D eigenvalue weighted by molar-refractivity contribution is -0.116. The Labute approximate surface area is 140 Å². The predicted molar refractivity (Wildman–Crippen MR) is 90.2 cm³/mol. The summed E-state index contributed by atoms with van der Waals surface area (Å²) in [6, 6.07) is 6.49. The van der Waals surface area contributed by atoms with E-state index in [1.807, 2.05) is 19.9 Å². The first-order valence-corrected chi connectivity index (χ1v) is 7.70. The molecule has 1 aromatic carbocycles. The molecular formula is C16H20ClN3O3. The van der Waals surface area contributed by atoms with Crippen LogP contribution in [0.3, 0.4) is 0 Å². The molecule has 2 rings (SSSR count). The van der Waals surface area contributed by atoms with Crippen LogP contribution in [0.4, 0.5) is 11.5 Å². The lowest BCUT2D eigenvalue weighted by atomic mass is 10.2. The normalized spacial score (nSPS) is 12.1. The molecule has 6 nitrogen and oxygen atoms in total. The van der Waals surface area contributed by atoms with Crippen molar-refractivity contribution in [1.82, 2.24) is 5.16 Å². The van der Waals surface area contributed by atoms with Gasteiger partial charge in [0.1, 0.15) is 17.6 Å². The van der Waals surface area contributed by atoms with Crippen LogP contribution < -0.4 is 15.4 Å². The van der Waals surface area contributed by atoms with Crippen molar-refractivity contribution in [2.24, 2.45) is 0 Å². The average molecular weight is 338 g/mol. The second-order valence-electron chi connectivity index (χ2n) is 5.49. The van der Waals surface area contributed by atoms with Gasteiger partial charge in [-0.25, -0.2) is 0 Å². The van der Waals surface area contributed by atoms with E-state index < -0.39 is 6.04 Å². The first kappa shape index (κ1) is 17.1. The standard InChI is InChI=1S/C16H20ClN3O3/c1-9(2)22-14-6-5-12(8-13(14)17)18-11(4)16(21)19-15-7-10(3)23-20-15/h5-9,11,18H,1-4H3,(H,19,20,21)/t11-/m0/s1. The molecule has 0 aliphatic rings. The van der Waals surface area contributed by atoms with E-state index >= 15 is 0 Å². The summed E-state index contributed by atoms with van der Waals surface area (Å²) in [5.41, 5.74) is 0.727. The number of carbonyl (C=O) groups excluding carboxylic acids is 1. The third-order valence-electron chi connectivity index (χ3n) is 2.95. The molecule has 0 saturated carbocycles. The molecule has 2 aromatic rings. The smallest absolute Gasteiger partial charge is 0.247 e. The van der Waals surface area contributed by atoms with Gasteiger partial charge in [0.25, 0.3) is 0 Å². The molecule has 1 aromatic heterocycles. The van der Waals surface area contributed by atoms with E-state index in [1.54, 1.807) is 32.0 Å². The number of rotatable bonds is 6. The Morgan fingerprint density at radius 3 is 2.61 bits per heavy atom. The molecule has 23 heavy (non-hydrogen) atoms. The van der Waals surface area contributed by atoms with Crippen molar-refractivity contribution in [1.29, 1.82) is 0 Å². The van der Waals surface area contributed by atoms with Crippen LogP contribution in [0.1, 0.15) is 26.5 Å². The third-order valence-corrected chi connectivity index (χ3v) is 3.25. The van der Waals surface area contributed by atoms with Crippen molar-refractivity contribution in [3.63, 3.8) is 0 Å². The summed E-state index contributed by atoms with van der Waals surface area (Å²) in [5.74, 6) is 1.41. The first-order valence-electron chi connectivity index (χ1n) is 7.32. The minimum Gasteiger partial charge on any atom is -0.489 e. The Hall–Kier alpha value is -2.21. The topological polar surface area (TPSA) is 76.4 Å². The van der Waals surface area contributed by atoms with E-state index in [-0.39, 0.29) is 12.0 Å². The zero-order valence-corrected chi connectivity index (χ0v) is 14.3. The number of hydrogen-bond acceptors (Lipinski definition) is 5. The van der Waals surface area contributed by atoms with Gasteiger partial charge in [-0.15, -0.1) is 0 Å². The summed E-state index contributed by atoms with van der Waals surface area (Å²) in [4.78, 5) is 12.1. The average Bonchev–Trinajstić information content (AvgIpc) is 2.86. The SMILES string of the molecule is Cc1cc(NC(=O)[C@H](C)Nc2ccc(OC(C)C)c(Cl)c2)no1. The van der Waals surface area contributed by atoms with Crippen molar-refractivity contribution < 1.29 is 14.1 Å². The number of aryl methyl sites for hydroxylation is 1. The minimum absolute atomic E-state index is 0.0435. The summed E-state index contributed by atoms with van der Waals surface area (Å²) in [6.07, 6.45) is 0.0435. The lowest BCUT2D eigenvalue weighted by Gasteiger charge is -2.16. The zero-order chi connectivity index (χ0) is 17.0. The minimum atomic E-state index is -0.472. The Morgan fingerprint density at radius 2 is 2.04 bits per heavy atom. The van der Waals surface area contributed by atoms with Crippen LogP contribution in [0.5, 0.6) is 5.75 Å². The van der Waals surface area contributed by atoms with E-state index in [9.17, 15) is 4.79 Å². The Morgan fingerprint density at radius 1 is 1.30 bits per heavy atom. The molecule has 0 unspecified atom stereocenters. The summed E-state index contributed by atoms with van der Waals surface area (Å²) >= 11 is 6.18. The van der Waals surface area contributed by atoms with E-state index in [1.165, 1.54) is 0 Å². The van der Waals surface area contributed by atoms with E-state index in [0.29, 0.717) is 22.4 Å². The fourth-order valence-electron chi connectivity index (χ4n) is 1.92. The highest BCUT2D eigenvalue weighted by atomic mass is 35.5. The van der Waals surface area contributed by atoms with E-state index in [0.717, 1.165) is 5.69 Å². The van der Waals surface area contributed by atoms with Crippen molar-refractivity contribution >= 4 is 29.0 Å². The number of hydrogen-bond donors (Lipinski definition) is 2. The summed E-state index contributed by atoms with van der Waals surface area (Å²) in [7, 11) is 0. The van der Waals surface area contributed by atoms with Gasteiger partial charge in [0.05, 0.1) is 11.1 Å². The maximum Gasteiger partial charge on any atom is 0.247 e. The number of benzene rings is 1. The second-order valence-corrected chi connectivity index (χ2v) is 5.90. The highest BCUT2D eigenvalue weighted by Crippen LogP contribution is 2.28. The van der Waals surface area contributed by atoms with Crippen LogP contribution in [-0.4, -0.2) is 23.2 Å². The molecule has 1 atom stereocenters. The molecule has 1 heterocycles. The molecule has 0 bridgehead atoms. The van der Waals surface area contributed by atoms with E-state index in [4.69, 9.17) is 20.9 Å². The number of carbonyl (C=O) groups is 1. The fraction of sp³-hybridized carbons (Fsp3) is 0.375. The van der Waals surface area contributed by atoms with Crippen LogP contribution in [0, 0.1) is 6.92 Å². The predicted octanol–water partition coefficient (Wildman–Crippen LogP) is 3.86.